The molecule has 1 aromatic carbocycles. The minimum atomic E-state index is 0.595. The van der Waals surface area contributed by atoms with Crippen molar-refractivity contribution in [1.82, 2.24) is 10.2 Å². The van der Waals surface area contributed by atoms with Crippen molar-refractivity contribution < 1.29 is 0 Å². The van der Waals surface area contributed by atoms with E-state index >= 15 is 0 Å². The quantitative estimate of drug-likeness (QED) is 0.871. The molecule has 4 heteroatoms. The average Bonchev–Trinajstić information content (AvgIpc) is 2.47. The fourth-order valence-electron chi connectivity index (χ4n) is 2.82. The van der Waals surface area contributed by atoms with E-state index < -0.39 is 0 Å². The molecule has 1 N–H and O–H groups in total. The van der Waals surface area contributed by atoms with Crippen LogP contribution in [0.25, 0.3) is 0 Å². The van der Waals surface area contributed by atoms with E-state index in [1.807, 2.05) is 12.1 Å². The first-order chi connectivity index (χ1) is 10.1. The van der Waals surface area contributed by atoms with E-state index in [1.54, 1.807) is 0 Å². The molecule has 0 aliphatic carbocycles. The maximum absolute atomic E-state index is 6.29. The zero-order valence-electron chi connectivity index (χ0n) is 13.5. The van der Waals surface area contributed by atoms with E-state index in [4.69, 9.17) is 11.6 Å². The van der Waals surface area contributed by atoms with Gasteiger partial charge < -0.3 is 10.2 Å². The van der Waals surface area contributed by atoms with Crippen molar-refractivity contribution in [2.45, 2.75) is 26.8 Å². The second kappa shape index (κ2) is 8.02. The largest absolute Gasteiger partial charge is 0.368 e. The molecule has 1 unspecified atom stereocenters. The van der Waals surface area contributed by atoms with E-state index in [-0.39, 0.29) is 0 Å². The molecular weight excluding hydrogens is 282 g/mol. The summed E-state index contributed by atoms with van der Waals surface area (Å²) in [6, 6.07) is 8.74. The summed E-state index contributed by atoms with van der Waals surface area (Å²) >= 11 is 6.29. The number of anilines is 1. The van der Waals surface area contributed by atoms with Gasteiger partial charge in [-0.1, -0.05) is 37.6 Å². The Labute approximate surface area is 134 Å². The van der Waals surface area contributed by atoms with Crippen molar-refractivity contribution >= 4 is 17.3 Å². The Morgan fingerprint density at radius 3 is 2.33 bits per heavy atom. The van der Waals surface area contributed by atoms with Gasteiger partial charge in [-0.05, 0) is 31.5 Å². The normalized spacial score (nSPS) is 18.2. The van der Waals surface area contributed by atoms with Crippen LogP contribution in [0.15, 0.2) is 24.3 Å². The Hall–Kier alpha value is -0.770. The van der Waals surface area contributed by atoms with Gasteiger partial charge in [-0.3, -0.25) is 4.90 Å². The number of halogens is 1. The highest BCUT2D eigenvalue weighted by molar-refractivity contribution is 6.33. The summed E-state index contributed by atoms with van der Waals surface area (Å²) in [4.78, 5) is 4.97. The van der Waals surface area contributed by atoms with Crippen LogP contribution >= 0.6 is 11.6 Å². The number of nitrogens with one attached hydrogen (secondary N) is 1. The van der Waals surface area contributed by atoms with E-state index in [2.05, 4.69) is 48.0 Å². The SMILES string of the molecule is CC(C)CNCC(C)N1CCN(c2ccccc2Cl)CC1. The van der Waals surface area contributed by atoms with Gasteiger partial charge in [-0.25, -0.2) is 0 Å². The highest BCUT2D eigenvalue weighted by Gasteiger charge is 2.21. The van der Waals surface area contributed by atoms with Crippen molar-refractivity contribution in [2.75, 3.05) is 44.2 Å². The predicted molar refractivity (Wildman–Crippen MR) is 92.4 cm³/mol. The molecule has 1 atom stereocenters. The molecular formula is C17H28ClN3. The van der Waals surface area contributed by atoms with Crippen molar-refractivity contribution in [2.24, 2.45) is 5.92 Å². The summed E-state index contributed by atoms with van der Waals surface area (Å²) < 4.78 is 0. The van der Waals surface area contributed by atoms with Gasteiger partial charge >= 0.3 is 0 Å². The van der Waals surface area contributed by atoms with Crippen molar-refractivity contribution in [1.29, 1.82) is 0 Å². The Bertz CT molecular complexity index is 428. The van der Waals surface area contributed by atoms with E-state index in [0.29, 0.717) is 12.0 Å². The molecule has 1 aromatic rings. The number of piperazine rings is 1. The minimum absolute atomic E-state index is 0.595. The first-order valence-electron chi connectivity index (χ1n) is 8.02. The summed E-state index contributed by atoms with van der Waals surface area (Å²) in [5.41, 5.74) is 1.17. The molecule has 1 heterocycles. The van der Waals surface area contributed by atoms with Crippen LogP contribution in [0.2, 0.25) is 5.02 Å². The zero-order chi connectivity index (χ0) is 15.2. The highest BCUT2D eigenvalue weighted by Crippen LogP contribution is 2.26. The summed E-state index contributed by atoms with van der Waals surface area (Å²) in [7, 11) is 0. The Kier molecular flexibility index (Phi) is 6.34. The third kappa shape index (κ3) is 4.87. The molecule has 0 radical (unpaired) electrons. The second-order valence-electron chi connectivity index (χ2n) is 6.38. The number of hydrogen-bond donors (Lipinski definition) is 1. The number of benzene rings is 1. The Morgan fingerprint density at radius 2 is 1.71 bits per heavy atom. The Morgan fingerprint density at radius 1 is 1.05 bits per heavy atom. The van der Waals surface area contributed by atoms with Crippen LogP contribution in [0.5, 0.6) is 0 Å². The molecule has 1 fully saturated rings. The summed E-state index contributed by atoms with van der Waals surface area (Å²) in [6.07, 6.45) is 0. The monoisotopic (exact) mass is 309 g/mol. The first-order valence-corrected chi connectivity index (χ1v) is 8.40. The lowest BCUT2D eigenvalue weighted by Gasteiger charge is -2.39. The number of hydrogen-bond acceptors (Lipinski definition) is 3. The molecule has 1 aliphatic heterocycles. The molecule has 1 saturated heterocycles. The number of rotatable bonds is 6. The maximum Gasteiger partial charge on any atom is 0.0639 e. The molecule has 21 heavy (non-hydrogen) atoms. The summed E-state index contributed by atoms with van der Waals surface area (Å²) in [5, 5.41) is 4.42. The molecule has 0 spiro atoms. The van der Waals surface area contributed by atoms with Crippen LogP contribution in [0.4, 0.5) is 5.69 Å². The third-order valence-corrected chi connectivity index (χ3v) is 4.44. The van der Waals surface area contributed by atoms with Crippen molar-refractivity contribution in [3.63, 3.8) is 0 Å². The van der Waals surface area contributed by atoms with E-state index in [9.17, 15) is 0 Å². The summed E-state index contributed by atoms with van der Waals surface area (Å²) in [5.74, 6) is 0.717. The van der Waals surface area contributed by atoms with E-state index in [0.717, 1.165) is 44.3 Å². The molecule has 0 amide bonds. The third-order valence-electron chi connectivity index (χ3n) is 4.12. The molecule has 0 bridgehead atoms. The number of nitrogens with zero attached hydrogens (tertiary/aromatic N) is 2. The van der Waals surface area contributed by atoms with Gasteiger partial charge in [0.1, 0.15) is 0 Å². The first kappa shape index (κ1) is 16.6. The Balaban J connectivity index is 1.79. The van der Waals surface area contributed by atoms with Crippen LogP contribution in [0.3, 0.4) is 0 Å². The van der Waals surface area contributed by atoms with Gasteiger partial charge in [0.2, 0.25) is 0 Å². The molecule has 3 nitrogen and oxygen atoms in total. The van der Waals surface area contributed by atoms with Gasteiger partial charge in [0.15, 0.2) is 0 Å². The van der Waals surface area contributed by atoms with Crippen LogP contribution in [0, 0.1) is 5.92 Å². The van der Waals surface area contributed by atoms with Gasteiger partial charge in [-0.2, -0.15) is 0 Å². The molecule has 2 rings (SSSR count). The predicted octanol–water partition coefficient (Wildman–Crippen LogP) is 3.10. The van der Waals surface area contributed by atoms with Crippen LogP contribution in [0.1, 0.15) is 20.8 Å². The van der Waals surface area contributed by atoms with Crippen molar-refractivity contribution in [3.8, 4) is 0 Å². The topological polar surface area (TPSA) is 18.5 Å². The fraction of sp³-hybridized carbons (Fsp3) is 0.647. The minimum Gasteiger partial charge on any atom is -0.368 e. The smallest absolute Gasteiger partial charge is 0.0639 e. The van der Waals surface area contributed by atoms with Crippen LogP contribution < -0.4 is 10.2 Å². The van der Waals surface area contributed by atoms with Gasteiger partial charge in [-0.15, -0.1) is 0 Å². The second-order valence-corrected chi connectivity index (χ2v) is 6.78. The lowest BCUT2D eigenvalue weighted by Crippen LogP contribution is -2.52. The van der Waals surface area contributed by atoms with Crippen LogP contribution in [-0.2, 0) is 0 Å². The fourth-order valence-corrected chi connectivity index (χ4v) is 3.08. The molecule has 0 saturated carbocycles. The average molecular weight is 310 g/mol. The zero-order valence-corrected chi connectivity index (χ0v) is 14.2. The van der Waals surface area contributed by atoms with Gasteiger partial charge in [0, 0.05) is 38.8 Å². The molecule has 118 valence electrons. The van der Waals surface area contributed by atoms with Crippen molar-refractivity contribution in [3.05, 3.63) is 29.3 Å². The highest BCUT2D eigenvalue weighted by atomic mass is 35.5. The summed E-state index contributed by atoms with van der Waals surface area (Å²) in [6.45, 7) is 13.3. The van der Waals surface area contributed by atoms with Gasteiger partial charge in [0.25, 0.3) is 0 Å². The van der Waals surface area contributed by atoms with Crippen LogP contribution in [-0.4, -0.2) is 50.2 Å². The van der Waals surface area contributed by atoms with E-state index in [1.165, 1.54) is 5.69 Å². The maximum atomic E-state index is 6.29. The number of para-hydroxylation sites is 1. The lowest BCUT2D eigenvalue weighted by molar-refractivity contribution is 0.192. The lowest BCUT2D eigenvalue weighted by atomic mass is 10.2. The standard InChI is InChI=1S/C17H28ClN3/c1-14(2)12-19-13-15(3)20-8-10-21(11-9-20)17-7-5-4-6-16(17)18/h4-7,14-15,19H,8-13H2,1-3H3. The van der Waals surface area contributed by atoms with Gasteiger partial charge in [0.05, 0.1) is 10.7 Å². The molecule has 0 aromatic heterocycles. The molecule has 1 aliphatic rings.